The molecule has 0 aromatic rings. The molecule has 0 aliphatic rings. The molecule has 0 aromatic carbocycles. The van der Waals surface area contributed by atoms with Gasteiger partial charge < -0.3 is 5.11 Å². The van der Waals surface area contributed by atoms with Crippen LogP contribution in [0.2, 0.25) is 0 Å². The Balaban J connectivity index is 3.73. The van der Waals surface area contributed by atoms with Gasteiger partial charge in [-0.05, 0) is 24.7 Å². The van der Waals surface area contributed by atoms with Gasteiger partial charge in [0.05, 0.1) is 6.10 Å². The van der Waals surface area contributed by atoms with Crippen molar-refractivity contribution in [3.8, 4) is 0 Å². The van der Waals surface area contributed by atoms with Crippen LogP contribution in [-0.2, 0) is 0 Å². The van der Waals surface area contributed by atoms with Crippen molar-refractivity contribution in [2.45, 2.75) is 59.5 Å². The molecule has 1 heteroatoms. The van der Waals surface area contributed by atoms with Crippen LogP contribution in [-0.4, -0.2) is 11.2 Å². The first-order valence-electron chi connectivity index (χ1n) is 5.31. The normalized spacial score (nSPS) is 16.5. The maximum atomic E-state index is 9.85. The first-order chi connectivity index (χ1) is 5.63. The quantitative estimate of drug-likeness (QED) is 0.652. The van der Waals surface area contributed by atoms with E-state index in [-0.39, 0.29) is 6.10 Å². The van der Waals surface area contributed by atoms with Gasteiger partial charge in [0.15, 0.2) is 0 Å². The van der Waals surface area contributed by atoms with Gasteiger partial charge >= 0.3 is 0 Å². The predicted octanol–water partition coefficient (Wildman–Crippen LogP) is 3.22. The molecular formula is C11H24O. The SMILES string of the molecule is CCC[C@H](C)C(O)[C@@H](C)CCC. The van der Waals surface area contributed by atoms with Gasteiger partial charge in [-0.1, -0.05) is 40.5 Å². The number of hydrogen-bond acceptors (Lipinski definition) is 1. The number of rotatable bonds is 6. The Morgan fingerprint density at radius 1 is 0.917 bits per heavy atom. The van der Waals surface area contributed by atoms with E-state index in [1.165, 1.54) is 12.8 Å². The van der Waals surface area contributed by atoms with Crippen LogP contribution in [0.5, 0.6) is 0 Å². The largest absolute Gasteiger partial charge is 0.393 e. The van der Waals surface area contributed by atoms with E-state index in [0.29, 0.717) is 11.8 Å². The van der Waals surface area contributed by atoms with Crippen LogP contribution in [0.4, 0.5) is 0 Å². The van der Waals surface area contributed by atoms with E-state index in [2.05, 4.69) is 27.7 Å². The van der Waals surface area contributed by atoms with Crippen molar-refractivity contribution in [2.24, 2.45) is 11.8 Å². The highest BCUT2D eigenvalue weighted by Gasteiger charge is 2.19. The number of hydrogen-bond donors (Lipinski definition) is 1. The van der Waals surface area contributed by atoms with Crippen LogP contribution in [0.1, 0.15) is 53.4 Å². The van der Waals surface area contributed by atoms with E-state index in [9.17, 15) is 5.11 Å². The van der Waals surface area contributed by atoms with Crippen LogP contribution in [0.15, 0.2) is 0 Å². The molecule has 0 fully saturated rings. The predicted molar refractivity (Wildman–Crippen MR) is 54.2 cm³/mol. The number of aliphatic hydroxyl groups is 1. The molecule has 0 saturated carbocycles. The lowest BCUT2D eigenvalue weighted by Gasteiger charge is -2.24. The fourth-order valence-corrected chi connectivity index (χ4v) is 1.81. The maximum absolute atomic E-state index is 9.85. The second-order valence-electron chi connectivity index (χ2n) is 4.02. The second-order valence-corrected chi connectivity index (χ2v) is 4.02. The lowest BCUT2D eigenvalue weighted by atomic mass is 9.88. The van der Waals surface area contributed by atoms with E-state index < -0.39 is 0 Å². The van der Waals surface area contributed by atoms with Crippen molar-refractivity contribution < 1.29 is 5.11 Å². The molecule has 0 spiro atoms. The summed E-state index contributed by atoms with van der Waals surface area (Å²) in [6.07, 6.45) is 4.56. The highest BCUT2D eigenvalue weighted by atomic mass is 16.3. The van der Waals surface area contributed by atoms with Gasteiger partial charge in [-0.2, -0.15) is 0 Å². The van der Waals surface area contributed by atoms with Crippen molar-refractivity contribution >= 4 is 0 Å². The average molecular weight is 172 g/mol. The first kappa shape index (κ1) is 12.0. The molecule has 2 atom stereocenters. The molecule has 74 valence electrons. The topological polar surface area (TPSA) is 20.2 Å². The summed E-state index contributed by atoms with van der Waals surface area (Å²) >= 11 is 0. The van der Waals surface area contributed by atoms with E-state index in [1.807, 2.05) is 0 Å². The van der Waals surface area contributed by atoms with Gasteiger partial charge in [0.1, 0.15) is 0 Å². The molecule has 0 saturated heterocycles. The van der Waals surface area contributed by atoms with Gasteiger partial charge in [0, 0.05) is 0 Å². The van der Waals surface area contributed by atoms with Gasteiger partial charge in [-0.25, -0.2) is 0 Å². The summed E-state index contributed by atoms with van der Waals surface area (Å²) in [4.78, 5) is 0. The van der Waals surface area contributed by atoms with Crippen molar-refractivity contribution in [3.63, 3.8) is 0 Å². The Labute approximate surface area is 77.2 Å². The summed E-state index contributed by atoms with van der Waals surface area (Å²) < 4.78 is 0. The van der Waals surface area contributed by atoms with Crippen molar-refractivity contribution in [3.05, 3.63) is 0 Å². The molecule has 0 bridgehead atoms. The fraction of sp³-hybridized carbons (Fsp3) is 1.00. The second kappa shape index (κ2) is 6.47. The molecule has 0 radical (unpaired) electrons. The van der Waals surface area contributed by atoms with E-state index in [4.69, 9.17) is 0 Å². The Bertz CT molecular complexity index is 89.2. The van der Waals surface area contributed by atoms with Crippen LogP contribution in [0.25, 0.3) is 0 Å². The third-order valence-electron chi connectivity index (χ3n) is 2.65. The Hall–Kier alpha value is -0.0400. The minimum Gasteiger partial charge on any atom is -0.393 e. The fourth-order valence-electron chi connectivity index (χ4n) is 1.81. The molecule has 0 heterocycles. The average Bonchev–Trinajstić information content (AvgIpc) is 2.04. The minimum absolute atomic E-state index is 0.0927. The van der Waals surface area contributed by atoms with Crippen LogP contribution in [0, 0.1) is 11.8 Å². The monoisotopic (exact) mass is 172 g/mol. The lowest BCUT2D eigenvalue weighted by molar-refractivity contribution is 0.0569. The smallest absolute Gasteiger partial charge is 0.0591 e. The molecule has 0 aliphatic heterocycles. The lowest BCUT2D eigenvalue weighted by Crippen LogP contribution is -2.25. The maximum Gasteiger partial charge on any atom is 0.0591 e. The summed E-state index contributed by atoms with van der Waals surface area (Å²) in [6.45, 7) is 8.65. The minimum atomic E-state index is -0.0927. The Morgan fingerprint density at radius 3 is 1.50 bits per heavy atom. The molecule has 0 amide bonds. The zero-order chi connectivity index (χ0) is 9.56. The van der Waals surface area contributed by atoms with Crippen molar-refractivity contribution in [2.75, 3.05) is 0 Å². The van der Waals surface area contributed by atoms with Gasteiger partial charge in [-0.3, -0.25) is 0 Å². The first-order valence-corrected chi connectivity index (χ1v) is 5.31. The van der Waals surface area contributed by atoms with Crippen LogP contribution < -0.4 is 0 Å². The number of aliphatic hydroxyl groups excluding tert-OH is 1. The molecule has 12 heavy (non-hydrogen) atoms. The highest BCUT2D eigenvalue weighted by molar-refractivity contribution is 4.70. The van der Waals surface area contributed by atoms with E-state index in [1.54, 1.807) is 0 Å². The zero-order valence-corrected chi connectivity index (χ0v) is 9.01. The summed E-state index contributed by atoms with van der Waals surface area (Å²) in [6, 6.07) is 0. The molecule has 1 N–H and O–H groups in total. The summed E-state index contributed by atoms with van der Waals surface area (Å²) in [5, 5.41) is 9.85. The highest BCUT2D eigenvalue weighted by Crippen LogP contribution is 2.20. The molecule has 0 rings (SSSR count). The summed E-state index contributed by atoms with van der Waals surface area (Å²) in [5.41, 5.74) is 0. The van der Waals surface area contributed by atoms with Crippen LogP contribution in [0.3, 0.4) is 0 Å². The summed E-state index contributed by atoms with van der Waals surface area (Å²) in [7, 11) is 0. The third-order valence-corrected chi connectivity index (χ3v) is 2.65. The Kier molecular flexibility index (Phi) is 6.45. The third kappa shape index (κ3) is 4.10. The van der Waals surface area contributed by atoms with Crippen molar-refractivity contribution in [1.29, 1.82) is 0 Å². The molecule has 0 aliphatic carbocycles. The molecule has 1 nitrogen and oxygen atoms in total. The van der Waals surface area contributed by atoms with Gasteiger partial charge in [-0.15, -0.1) is 0 Å². The van der Waals surface area contributed by atoms with E-state index >= 15 is 0 Å². The van der Waals surface area contributed by atoms with Gasteiger partial charge in [0.25, 0.3) is 0 Å². The Morgan fingerprint density at radius 2 is 1.25 bits per heavy atom. The molecule has 0 unspecified atom stereocenters. The standard InChI is InChI=1S/C11H24O/c1-5-7-9(3)11(12)10(4)8-6-2/h9-12H,5-8H2,1-4H3/t9-,10-/m0/s1. The molecular weight excluding hydrogens is 148 g/mol. The molecule has 0 aromatic heterocycles. The van der Waals surface area contributed by atoms with Crippen molar-refractivity contribution in [1.82, 2.24) is 0 Å². The van der Waals surface area contributed by atoms with Crippen LogP contribution >= 0.6 is 0 Å². The van der Waals surface area contributed by atoms with E-state index in [0.717, 1.165) is 12.8 Å². The zero-order valence-electron chi connectivity index (χ0n) is 9.01. The summed E-state index contributed by atoms with van der Waals surface area (Å²) in [5.74, 6) is 0.938. The van der Waals surface area contributed by atoms with Gasteiger partial charge in [0.2, 0.25) is 0 Å².